The zero-order chi connectivity index (χ0) is 10.2. The minimum atomic E-state index is 0.427. The van der Waals surface area contributed by atoms with Gasteiger partial charge in [-0.1, -0.05) is 6.92 Å². The SMILES string of the molecule is Cc1nc(C2(C)CC2)sc1CCCN. The van der Waals surface area contributed by atoms with Gasteiger partial charge in [-0.05, 0) is 39.2 Å². The summed E-state index contributed by atoms with van der Waals surface area (Å²) in [6.07, 6.45) is 4.82. The molecule has 14 heavy (non-hydrogen) atoms. The highest BCUT2D eigenvalue weighted by molar-refractivity contribution is 7.12. The quantitative estimate of drug-likeness (QED) is 0.828. The Hall–Kier alpha value is -0.410. The van der Waals surface area contributed by atoms with Crippen LogP contribution in [0.5, 0.6) is 0 Å². The minimum absolute atomic E-state index is 0.427. The average molecular weight is 210 g/mol. The summed E-state index contributed by atoms with van der Waals surface area (Å²) in [6, 6.07) is 0. The minimum Gasteiger partial charge on any atom is -0.330 e. The van der Waals surface area contributed by atoms with Gasteiger partial charge in [-0.2, -0.15) is 0 Å². The van der Waals surface area contributed by atoms with E-state index in [0.29, 0.717) is 5.41 Å². The Balaban J connectivity index is 2.13. The first-order valence-electron chi connectivity index (χ1n) is 5.32. The Morgan fingerprint density at radius 1 is 1.50 bits per heavy atom. The van der Waals surface area contributed by atoms with E-state index in [2.05, 4.69) is 18.8 Å². The van der Waals surface area contributed by atoms with Gasteiger partial charge in [0.25, 0.3) is 0 Å². The number of thiazole rings is 1. The van der Waals surface area contributed by atoms with Gasteiger partial charge in [0.1, 0.15) is 0 Å². The summed E-state index contributed by atoms with van der Waals surface area (Å²) in [4.78, 5) is 6.12. The van der Waals surface area contributed by atoms with E-state index in [-0.39, 0.29) is 0 Å². The average Bonchev–Trinajstić information content (AvgIpc) is 2.78. The lowest BCUT2D eigenvalue weighted by Gasteiger charge is -2.00. The third kappa shape index (κ3) is 1.84. The van der Waals surface area contributed by atoms with Gasteiger partial charge in [0.15, 0.2) is 0 Å². The van der Waals surface area contributed by atoms with Crippen LogP contribution < -0.4 is 5.73 Å². The lowest BCUT2D eigenvalue weighted by Crippen LogP contribution is -1.99. The van der Waals surface area contributed by atoms with Gasteiger partial charge in [0.05, 0.1) is 10.7 Å². The normalized spacial score (nSPS) is 18.5. The van der Waals surface area contributed by atoms with E-state index in [0.717, 1.165) is 19.4 Å². The summed E-state index contributed by atoms with van der Waals surface area (Å²) < 4.78 is 0. The van der Waals surface area contributed by atoms with E-state index < -0.39 is 0 Å². The highest BCUT2D eigenvalue weighted by atomic mass is 32.1. The summed E-state index contributed by atoms with van der Waals surface area (Å²) in [5, 5.41) is 1.35. The van der Waals surface area contributed by atoms with Crippen LogP contribution >= 0.6 is 11.3 Å². The molecule has 0 spiro atoms. The molecular formula is C11H18N2S. The highest BCUT2D eigenvalue weighted by Gasteiger charge is 2.42. The van der Waals surface area contributed by atoms with Crippen LogP contribution in [0.2, 0.25) is 0 Å². The van der Waals surface area contributed by atoms with Crippen molar-refractivity contribution in [3.8, 4) is 0 Å². The van der Waals surface area contributed by atoms with Crippen LogP contribution in [0.15, 0.2) is 0 Å². The fourth-order valence-electron chi connectivity index (χ4n) is 1.58. The lowest BCUT2D eigenvalue weighted by molar-refractivity contribution is 0.772. The van der Waals surface area contributed by atoms with Crippen LogP contribution in [0.25, 0.3) is 0 Å². The number of nitrogens with two attached hydrogens (primary N) is 1. The summed E-state index contributed by atoms with van der Waals surface area (Å²) in [5.41, 5.74) is 7.17. The standard InChI is InChI=1S/C11H18N2S/c1-8-9(4-3-7-12)14-10(13-8)11(2)5-6-11/h3-7,12H2,1-2H3. The molecule has 1 aromatic rings. The molecule has 0 aliphatic heterocycles. The first-order valence-corrected chi connectivity index (χ1v) is 6.14. The van der Waals surface area contributed by atoms with E-state index in [9.17, 15) is 0 Å². The molecule has 2 rings (SSSR count). The van der Waals surface area contributed by atoms with E-state index in [4.69, 9.17) is 5.73 Å². The van der Waals surface area contributed by atoms with Gasteiger partial charge in [0.2, 0.25) is 0 Å². The van der Waals surface area contributed by atoms with Crippen molar-refractivity contribution in [3.05, 3.63) is 15.6 Å². The lowest BCUT2D eigenvalue weighted by atomic mass is 10.2. The molecule has 2 N–H and O–H groups in total. The molecular weight excluding hydrogens is 192 g/mol. The maximum absolute atomic E-state index is 5.52. The van der Waals surface area contributed by atoms with E-state index in [1.54, 1.807) is 0 Å². The number of hydrogen-bond donors (Lipinski definition) is 1. The van der Waals surface area contributed by atoms with Crippen molar-refractivity contribution in [2.45, 2.75) is 44.9 Å². The van der Waals surface area contributed by atoms with Crippen molar-refractivity contribution in [2.24, 2.45) is 5.73 Å². The fourth-order valence-corrected chi connectivity index (χ4v) is 2.89. The first-order chi connectivity index (χ1) is 6.65. The van der Waals surface area contributed by atoms with Gasteiger partial charge >= 0.3 is 0 Å². The van der Waals surface area contributed by atoms with Crippen LogP contribution in [-0.4, -0.2) is 11.5 Å². The number of rotatable bonds is 4. The third-order valence-corrected chi connectivity index (χ3v) is 4.54. The van der Waals surface area contributed by atoms with Gasteiger partial charge in [0, 0.05) is 10.3 Å². The zero-order valence-corrected chi connectivity index (χ0v) is 9.78. The maximum Gasteiger partial charge on any atom is 0.0990 e. The number of hydrogen-bond acceptors (Lipinski definition) is 3. The molecule has 1 aromatic heterocycles. The molecule has 1 aliphatic rings. The van der Waals surface area contributed by atoms with Crippen LogP contribution in [0.4, 0.5) is 0 Å². The van der Waals surface area contributed by atoms with Crippen molar-refractivity contribution >= 4 is 11.3 Å². The maximum atomic E-state index is 5.52. The first kappa shape index (κ1) is 10.1. The predicted molar refractivity (Wildman–Crippen MR) is 60.8 cm³/mol. The van der Waals surface area contributed by atoms with Crippen LogP contribution in [0.1, 0.15) is 41.8 Å². The molecule has 0 saturated heterocycles. The zero-order valence-electron chi connectivity index (χ0n) is 8.97. The second kappa shape index (κ2) is 3.63. The second-order valence-corrected chi connectivity index (χ2v) is 5.56. The summed E-state index contributed by atoms with van der Waals surface area (Å²) in [5.74, 6) is 0. The molecule has 1 heterocycles. The molecule has 0 radical (unpaired) electrons. The van der Waals surface area contributed by atoms with Gasteiger partial charge in [-0.25, -0.2) is 4.98 Å². The van der Waals surface area contributed by atoms with E-state index in [1.165, 1.54) is 28.4 Å². The largest absolute Gasteiger partial charge is 0.330 e. The molecule has 1 fully saturated rings. The molecule has 0 amide bonds. The van der Waals surface area contributed by atoms with Gasteiger partial charge in [-0.3, -0.25) is 0 Å². The van der Waals surface area contributed by atoms with E-state index in [1.807, 2.05) is 11.3 Å². The molecule has 0 bridgehead atoms. The van der Waals surface area contributed by atoms with Crippen LogP contribution in [0, 0.1) is 6.92 Å². The fraction of sp³-hybridized carbons (Fsp3) is 0.727. The Morgan fingerprint density at radius 3 is 2.79 bits per heavy atom. The molecule has 3 heteroatoms. The van der Waals surface area contributed by atoms with Crippen molar-refractivity contribution in [1.29, 1.82) is 0 Å². The third-order valence-electron chi connectivity index (χ3n) is 3.02. The molecule has 78 valence electrons. The predicted octanol–water partition coefficient (Wildman–Crippen LogP) is 2.39. The number of aryl methyl sites for hydroxylation is 2. The Bertz CT molecular complexity index is 326. The van der Waals surface area contributed by atoms with Crippen LogP contribution in [-0.2, 0) is 11.8 Å². The summed E-state index contributed by atoms with van der Waals surface area (Å²) >= 11 is 1.90. The molecule has 1 aliphatic carbocycles. The monoisotopic (exact) mass is 210 g/mol. The van der Waals surface area contributed by atoms with Crippen molar-refractivity contribution in [1.82, 2.24) is 4.98 Å². The van der Waals surface area contributed by atoms with Gasteiger partial charge < -0.3 is 5.73 Å². The molecule has 2 nitrogen and oxygen atoms in total. The summed E-state index contributed by atoms with van der Waals surface area (Å²) in [6.45, 7) is 5.22. The highest BCUT2D eigenvalue weighted by Crippen LogP contribution is 2.49. The number of nitrogens with zero attached hydrogens (tertiary/aromatic N) is 1. The number of aromatic nitrogens is 1. The Labute approximate surface area is 89.5 Å². The molecule has 0 atom stereocenters. The molecule has 0 unspecified atom stereocenters. The van der Waals surface area contributed by atoms with Crippen molar-refractivity contribution < 1.29 is 0 Å². The van der Waals surface area contributed by atoms with E-state index >= 15 is 0 Å². The molecule has 0 aromatic carbocycles. The van der Waals surface area contributed by atoms with Crippen molar-refractivity contribution in [2.75, 3.05) is 6.54 Å². The van der Waals surface area contributed by atoms with Gasteiger partial charge in [-0.15, -0.1) is 11.3 Å². The second-order valence-electron chi connectivity index (χ2n) is 4.48. The molecule has 1 saturated carbocycles. The van der Waals surface area contributed by atoms with Crippen LogP contribution in [0.3, 0.4) is 0 Å². The smallest absolute Gasteiger partial charge is 0.0990 e. The summed E-state index contributed by atoms with van der Waals surface area (Å²) in [7, 11) is 0. The Morgan fingerprint density at radius 2 is 2.21 bits per heavy atom. The Kier molecular flexibility index (Phi) is 2.62. The topological polar surface area (TPSA) is 38.9 Å². The van der Waals surface area contributed by atoms with Crippen molar-refractivity contribution in [3.63, 3.8) is 0 Å².